The highest BCUT2D eigenvalue weighted by atomic mass is 35.5. The van der Waals surface area contributed by atoms with Crippen molar-refractivity contribution < 1.29 is 9.59 Å². The van der Waals surface area contributed by atoms with Gasteiger partial charge in [0, 0.05) is 31.9 Å². The average Bonchev–Trinajstić information content (AvgIpc) is 2.45. The van der Waals surface area contributed by atoms with E-state index in [0.717, 1.165) is 0 Å². The third kappa shape index (κ3) is 3.96. The Morgan fingerprint density at radius 1 is 1.09 bits per heavy atom. The third-order valence-corrected chi connectivity index (χ3v) is 4.13. The van der Waals surface area contributed by atoms with E-state index in [1.54, 1.807) is 36.4 Å². The number of rotatable bonds is 5. The van der Waals surface area contributed by atoms with Crippen molar-refractivity contribution in [1.82, 2.24) is 0 Å². The van der Waals surface area contributed by atoms with Gasteiger partial charge in [-0.1, -0.05) is 40.9 Å². The molecule has 0 aliphatic rings. The Labute approximate surface area is 148 Å². The summed E-state index contributed by atoms with van der Waals surface area (Å²) in [4.78, 5) is 23.6. The first-order valence-corrected chi connectivity index (χ1v) is 7.75. The molecule has 3 N–H and O–H groups in total. The van der Waals surface area contributed by atoms with Gasteiger partial charge < -0.3 is 11.1 Å². The molecule has 4 nitrogen and oxygen atoms in total. The van der Waals surface area contributed by atoms with Gasteiger partial charge in [-0.3, -0.25) is 9.59 Å². The molecule has 0 radical (unpaired) electrons. The van der Waals surface area contributed by atoms with Crippen LogP contribution < -0.4 is 11.1 Å². The normalized spacial score (nSPS) is 11.8. The highest BCUT2D eigenvalue weighted by molar-refractivity contribution is 6.36. The van der Waals surface area contributed by atoms with Crippen LogP contribution in [0.4, 0.5) is 5.69 Å². The van der Waals surface area contributed by atoms with E-state index in [2.05, 4.69) is 5.32 Å². The van der Waals surface area contributed by atoms with Gasteiger partial charge in [-0.25, -0.2) is 0 Å². The molecule has 0 aromatic heterocycles. The summed E-state index contributed by atoms with van der Waals surface area (Å²) in [7, 11) is 0. The number of benzene rings is 2. The lowest BCUT2D eigenvalue weighted by atomic mass is 10.0. The number of hydrogen-bond acceptors (Lipinski definition) is 3. The molecule has 2 aromatic carbocycles. The number of anilines is 1. The number of halogens is 3. The molecular formula is C16H13Cl3N2O2. The summed E-state index contributed by atoms with van der Waals surface area (Å²) in [5, 5.41) is 3.91. The third-order valence-electron chi connectivity index (χ3n) is 3.23. The molecule has 120 valence electrons. The molecule has 1 atom stereocenters. The van der Waals surface area contributed by atoms with E-state index >= 15 is 0 Å². The largest absolute Gasteiger partial charge is 0.369 e. The molecule has 1 unspecified atom stereocenters. The zero-order valence-corrected chi connectivity index (χ0v) is 14.3. The molecule has 0 heterocycles. The second-order valence-electron chi connectivity index (χ2n) is 4.86. The summed E-state index contributed by atoms with van der Waals surface area (Å²) >= 11 is 18.3. The van der Waals surface area contributed by atoms with E-state index in [1.807, 2.05) is 0 Å². The number of nitrogens with one attached hydrogen (secondary N) is 1. The fourth-order valence-electron chi connectivity index (χ4n) is 2.17. The van der Waals surface area contributed by atoms with Crippen molar-refractivity contribution in [1.29, 1.82) is 0 Å². The standard InChI is InChI=1S/C16H13Cl3N2O2/c1-8(22)10-6-5-9(17)7-13(10)21-15(16(20)23)14-11(18)3-2-4-12(14)19/h2-7,15,21H,1H3,(H2,20,23). The molecule has 0 saturated carbocycles. The van der Waals surface area contributed by atoms with Crippen LogP contribution in [0, 0.1) is 0 Å². The number of nitrogens with two attached hydrogens (primary N) is 1. The van der Waals surface area contributed by atoms with E-state index < -0.39 is 11.9 Å². The lowest BCUT2D eigenvalue weighted by Gasteiger charge is -2.21. The predicted molar refractivity (Wildman–Crippen MR) is 93.5 cm³/mol. The van der Waals surface area contributed by atoms with Crippen LogP contribution in [0.2, 0.25) is 15.1 Å². The van der Waals surface area contributed by atoms with E-state index in [9.17, 15) is 9.59 Å². The highest BCUT2D eigenvalue weighted by Crippen LogP contribution is 2.33. The van der Waals surface area contributed by atoms with Crippen molar-refractivity contribution in [2.75, 3.05) is 5.32 Å². The summed E-state index contributed by atoms with van der Waals surface area (Å²) in [6.07, 6.45) is 0. The molecule has 2 rings (SSSR count). The molecule has 7 heteroatoms. The van der Waals surface area contributed by atoms with Crippen molar-refractivity contribution in [3.05, 3.63) is 62.6 Å². The van der Waals surface area contributed by atoms with Crippen LogP contribution >= 0.6 is 34.8 Å². The minimum Gasteiger partial charge on any atom is -0.369 e. The molecule has 0 spiro atoms. The topological polar surface area (TPSA) is 72.2 Å². The lowest BCUT2D eigenvalue weighted by Crippen LogP contribution is -2.28. The van der Waals surface area contributed by atoms with Gasteiger partial charge in [-0.05, 0) is 37.3 Å². The molecule has 0 aliphatic carbocycles. The van der Waals surface area contributed by atoms with Crippen LogP contribution in [0.1, 0.15) is 28.9 Å². The zero-order chi connectivity index (χ0) is 17.1. The van der Waals surface area contributed by atoms with Crippen molar-refractivity contribution in [3.63, 3.8) is 0 Å². The number of carbonyl (C=O) groups excluding carboxylic acids is 2. The SMILES string of the molecule is CC(=O)c1ccc(Cl)cc1NC(C(N)=O)c1c(Cl)cccc1Cl. The summed E-state index contributed by atoms with van der Waals surface area (Å²) in [5.41, 5.74) is 6.59. The number of hydrogen-bond donors (Lipinski definition) is 2. The van der Waals surface area contributed by atoms with Gasteiger partial charge in [0.1, 0.15) is 6.04 Å². The van der Waals surface area contributed by atoms with Crippen molar-refractivity contribution in [2.45, 2.75) is 13.0 Å². The quantitative estimate of drug-likeness (QED) is 0.761. The number of amides is 1. The highest BCUT2D eigenvalue weighted by Gasteiger charge is 2.24. The molecule has 1 amide bonds. The van der Waals surface area contributed by atoms with Crippen molar-refractivity contribution in [2.24, 2.45) is 5.73 Å². The van der Waals surface area contributed by atoms with Gasteiger partial charge in [0.05, 0.1) is 0 Å². The van der Waals surface area contributed by atoms with Crippen LogP contribution in [0.15, 0.2) is 36.4 Å². The number of carbonyl (C=O) groups is 2. The van der Waals surface area contributed by atoms with Gasteiger partial charge in [0.15, 0.2) is 5.78 Å². The first-order valence-electron chi connectivity index (χ1n) is 6.61. The molecule has 0 fully saturated rings. The van der Waals surface area contributed by atoms with Crippen molar-refractivity contribution in [3.8, 4) is 0 Å². The Bertz CT molecular complexity index is 758. The molecule has 0 saturated heterocycles. The Morgan fingerprint density at radius 2 is 1.70 bits per heavy atom. The van der Waals surface area contributed by atoms with Crippen LogP contribution in [0.3, 0.4) is 0 Å². The van der Waals surface area contributed by atoms with E-state index in [4.69, 9.17) is 40.5 Å². The average molecular weight is 372 g/mol. The van der Waals surface area contributed by atoms with E-state index in [0.29, 0.717) is 31.9 Å². The van der Waals surface area contributed by atoms with E-state index in [1.165, 1.54) is 6.92 Å². The first kappa shape index (κ1) is 17.6. The van der Waals surface area contributed by atoms with E-state index in [-0.39, 0.29) is 5.78 Å². The van der Waals surface area contributed by atoms with Crippen molar-refractivity contribution >= 4 is 52.2 Å². The second-order valence-corrected chi connectivity index (χ2v) is 6.11. The molecule has 23 heavy (non-hydrogen) atoms. The fourth-order valence-corrected chi connectivity index (χ4v) is 2.96. The maximum absolute atomic E-state index is 11.9. The van der Waals surface area contributed by atoms with Gasteiger partial charge in [0.25, 0.3) is 0 Å². The Kier molecular flexibility index (Phi) is 5.52. The van der Waals surface area contributed by atoms with Crippen LogP contribution in [0.5, 0.6) is 0 Å². The number of primary amides is 1. The van der Waals surface area contributed by atoms with Crippen LogP contribution in [0.25, 0.3) is 0 Å². The summed E-state index contributed by atoms with van der Waals surface area (Å²) in [6.45, 7) is 1.41. The summed E-state index contributed by atoms with van der Waals surface area (Å²) in [6, 6.07) is 8.55. The summed E-state index contributed by atoms with van der Waals surface area (Å²) < 4.78 is 0. The number of Topliss-reactive ketones (excluding diaryl/α,β-unsaturated/α-hetero) is 1. The number of ketones is 1. The maximum Gasteiger partial charge on any atom is 0.244 e. The van der Waals surface area contributed by atoms with Gasteiger partial charge in [0.2, 0.25) is 5.91 Å². The minimum atomic E-state index is -1.01. The van der Waals surface area contributed by atoms with Gasteiger partial charge >= 0.3 is 0 Å². The second kappa shape index (κ2) is 7.21. The van der Waals surface area contributed by atoms with Crippen LogP contribution in [-0.4, -0.2) is 11.7 Å². The smallest absolute Gasteiger partial charge is 0.244 e. The first-order chi connectivity index (χ1) is 10.8. The molecule has 2 aromatic rings. The molecule has 0 bridgehead atoms. The monoisotopic (exact) mass is 370 g/mol. The predicted octanol–water partition coefficient (Wildman–Crippen LogP) is 4.49. The lowest BCUT2D eigenvalue weighted by molar-refractivity contribution is -0.118. The molecular weight excluding hydrogens is 359 g/mol. The Morgan fingerprint density at radius 3 is 2.22 bits per heavy atom. The summed E-state index contributed by atoms with van der Waals surface area (Å²) in [5.74, 6) is -0.868. The zero-order valence-electron chi connectivity index (χ0n) is 12.1. The maximum atomic E-state index is 11.9. The molecule has 0 aliphatic heterocycles. The Hall–Kier alpha value is -1.75. The van der Waals surface area contributed by atoms with Crippen LogP contribution in [-0.2, 0) is 4.79 Å². The minimum absolute atomic E-state index is 0.183. The Balaban J connectivity index is 2.52. The van der Waals surface area contributed by atoms with Gasteiger partial charge in [-0.15, -0.1) is 0 Å². The fraction of sp³-hybridized carbons (Fsp3) is 0.125. The van der Waals surface area contributed by atoms with Gasteiger partial charge in [-0.2, -0.15) is 0 Å².